The minimum atomic E-state index is -4.33. The van der Waals surface area contributed by atoms with E-state index in [2.05, 4.69) is 0 Å². The summed E-state index contributed by atoms with van der Waals surface area (Å²) in [5.41, 5.74) is 0. The molecule has 0 rings (SSSR count). The molecule has 0 fully saturated rings. The Balaban J connectivity index is -0.0000000720. The second-order valence-electron chi connectivity index (χ2n) is 0.475. The van der Waals surface area contributed by atoms with Crippen LogP contribution in [0.5, 0.6) is 0 Å². The molecule has 0 spiro atoms. The van der Waals surface area contributed by atoms with Gasteiger partial charge in [-0.25, -0.2) is 0 Å². The Morgan fingerprint density at radius 1 is 1.00 bits per heavy atom. The zero-order valence-corrected chi connectivity index (χ0v) is 9.14. The van der Waals surface area contributed by atoms with E-state index < -0.39 is 30.2 Å². The van der Waals surface area contributed by atoms with Gasteiger partial charge in [0.25, 0.3) is 0 Å². The van der Waals surface area contributed by atoms with Crippen molar-refractivity contribution in [3.05, 3.63) is 0 Å². The fraction of sp³-hybridized carbons (Fsp3) is 0. The SMILES string of the molecule is [Mn+2].[O]=[Ge]([O-])[F].[O]=[Ge]([O-])[F]. The van der Waals surface area contributed by atoms with E-state index >= 15 is 0 Å². The van der Waals surface area contributed by atoms with Crippen molar-refractivity contribution >= 4 is 30.2 Å². The quantitative estimate of drug-likeness (QED) is 0.462. The van der Waals surface area contributed by atoms with Gasteiger partial charge < -0.3 is 0 Å². The predicted molar refractivity (Wildman–Crippen MR) is 15.1 cm³/mol. The Morgan fingerprint density at radius 3 is 1.00 bits per heavy atom. The van der Waals surface area contributed by atoms with Crippen LogP contribution in [0.2, 0.25) is 0 Å². The third-order valence-electron chi connectivity index (χ3n) is 0. The summed E-state index contributed by atoms with van der Waals surface area (Å²) in [7, 11) is 0. The molecule has 0 atom stereocenters. The molecule has 0 saturated heterocycles. The summed E-state index contributed by atoms with van der Waals surface area (Å²) < 4.78 is 54.0. The van der Waals surface area contributed by atoms with Gasteiger partial charge >= 0.3 is 70.1 Å². The molecule has 0 bridgehead atoms. The molecule has 0 N–H and O–H groups in total. The Morgan fingerprint density at radius 2 is 1.00 bits per heavy atom. The van der Waals surface area contributed by atoms with E-state index in [9.17, 15) is 7.00 Å². The Labute approximate surface area is 70.0 Å². The molecule has 0 saturated carbocycles. The molecule has 9 heavy (non-hydrogen) atoms. The molecule has 4 nitrogen and oxygen atoms in total. The molecule has 0 heterocycles. The van der Waals surface area contributed by atoms with Crippen molar-refractivity contribution in [3.8, 4) is 0 Å². The molecule has 0 unspecified atom stereocenters. The molecule has 0 aromatic heterocycles. The first-order chi connectivity index (χ1) is 3.46. The van der Waals surface area contributed by atoms with Crippen LogP contribution in [0.4, 0.5) is 7.00 Å². The fourth-order valence-corrected chi connectivity index (χ4v) is 0. The summed E-state index contributed by atoms with van der Waals surface area (Å²) in [6.45, 7) is 0. The van der Waals surface area contributed by atoms with Crippen molar-refractivity contribution in [1.29, 1.82) is 0 Å². The van der Waals surface area contributed by atoms with Crippen molar-refractivity contribution in [2.45, 2.75) is 0 Å². The molecular weight excluding hydrogens is 302 g/mol. The van der Waals surface area contributed by atoms with Gasteiger partial charge in [0, 0.05) is 0 Å². The third-order valence-corrected chi connectivity index (χ3v) is 0. The van der Waals surface area contributed by atoms with Gasteiger partial charge in [-0.05, 0) is 0 Å². The molecule has 53 valence electrons. The maximum absolute atomic E-state index is 10.1. The first kappa shape index (κ1) is 16.3. The van der Waals surface area contributed by atoms with Crippen LogP contribution in [-0.2, 0) is 24.6 Å². The van der Waals surface area contributed by atoms with Crippen LogP contribution in [0.25, 0.3) is 0 Å². The summed E-state index contributed by atoms with van der Waals surface area (Å²) in [5, 5.41) is 0. The summed E-state index contributed by atoms with van der Waals surface area (Å²) >= 11 is -8.67. The zero-order valence-electron chi connectivity index (χ0n) is 3.77. The molecule has 0 amide bonds. The van der Waals surface area contributed by atoms with E-state index in [1.807, 2.05) is 0 Å². The van der Waals surface area contributed by atoms with E-state index in [-0.39, 0.29) is 17.1 Å². The van der Waals surface area contributed by atoms with Gasteiger partial charge in [-0.1, -0.05) is 0 Å². The van der Waals surface area contributed by atoms with Gasteiger partial charge in [0.2, 0.25) is 0 Å². The molecular formula is F2Ge2MnO4. The van der Waals surface area contributed by atoms with Crippen LogP contribution in [0.15, 0.2) is 0 Å². The van der Waals surface area contributed by atoms with Crippen LogP contribution >= 0.6 is 0 Å². The Bertz CT molecular complexity index is 74.6. The van der Waals surface area contributed by atoms with Gasteiger partial charge in [-0.2, -0.15) is 0 Å². The van der Waals surface area contributed by atoms with Crippen molar-refractivity contribution in [2.75, 3.05) is 0 Å². The van der Waals surface area contributed by atoms with Crippen molar-refractivity contribution in [2.24, 2.45) is 0 Å². The average molecular weight is 302 g/mol. The van der Waals surface area contributed by atoms with Gasteiger partial charge in [-0.3, -0.25) is 0 Å². The fourth-order valence-electron chi connectivity index (χ4n) is 0. The second-order valence-corrected chi connectivity index (χ2v) is 2.47. The normalized spacial score (nSPS) is 5.56. The van der Waals surface area contributed by atoms with Crippen LogP contribution < -0.4 is 8.27 Å². The van der Waals surface area contributed by atoms with Crippen molar-refractivity contribution in [3.63, 3.8) is 0 Å². The predicted octanol–water partition coefficient (Wildman–Crippen LogP) is -2.54. The topological polar surface area (TPSA) is 80.3 Å². The van der Waals surface area contributed by atoms with Gasteiger partial charge in [0.15, 0.2) is 0 Å². The van der Waals surface area contributed by atoms with E-state index in [1.54, 1.807) is 0 Å². The summed E-state index contributed by atoms with van der Waals surface area (Å²) in [4.78, 5) is 0. The van der Waals surface area contributed by atoms with Gasteiger partial charge in [-0.15, -0.1) is 0 Å². The number of rotatable bonds is 0. The van der Waals surface area contributed by atoms with Gasteiger partial charge in [0.1, 0.15) is 0 Å². The number of halogens is 2. The van der Waals surface area contributed by atoms with Crippen molar-refractivity contribution in [1.82, 2.24) is 0 Å². The molecule has 0 aliphatic rings. The zero-order chi connectivity index (χ0) is 7.15. The molecule has 1 radical (unpaired) electrons. The number of hydrogen-bond donors (Lipinski definition) is 0. The van der Waals surface area contributed by atoms with Crippen LogP contribution in [-0.4, -0.2) is 30.2 Å². The standard InChI is InChI=1S/2FGeO2.Mn/c2*1-2(3)4;/q2*-1;+2. The van der Waals surface area contributed by atoms with E-state index in [0.29, 0.717) is 0 Å². The molecule has 9 heteroatoms. The Kier molecular flexibility index (Phi) is 20.8. The number of hydrogen-bond acceptors (Lipinski definition) is 4. The summed E-state index contributed by atoms with van der Waals surface area (Å²) in [6, 6.07) is 0. The maximum atomic E-state index is 10.1. The minimum absolute atomic E-state index is 0. The molecule has 0 aromatic carbocycles. The van der Waals surface area contributed by atoms with Gasteiger partial charge in [0.05, 0.1) is 0 Å². The van der Waals surface area contributed by atoms with E-state index in [0.717, 1.165) is 0 Å². The summed E-state index contributed by atoms with van der Waals surface area (Å²) in [6.07, 6.45) is 0. The molecule has 0 aromatic rings. The third kappa shape index (κ3) is 870. The van der Waals surface area contributed by atoms with Crippen LogP contribution in [0.3, 0.4) is 0 Å². The molecule has 0 aliphatic carbocycles. The molecule has 0 aliphatic heterocycles. The average Bonchev–Trinajstić information content (AvgIpc) is 1.25. The van der Waals surface area contributed by atoms with E-state index in [4.69, 9.17) is 15.8 Å². The van der Waals surface area contributed by atoms with Crippen LogP contribution in [0, 0.1) is 0 Å². The Hall–Kier alpha value is 0.665. The first-order valence-corrected chi connectivity index (χ1v) is 6.21. The van der Waals surface area contributed by atoms with Crippen molar-refractivity contribution < 1.29 is 39.9 Å². The van der Waals surface area contributed by atoms with E-state index in [1.165, 1.54) is 0 Å². The second kappa shape index (κ2) is 11.5. The first-order valence-electron chi connectivity index (χ1n) is 1.19. The summed E-state index contributed by atoms with van der Waals surface area (Å²) in [5.74, 6) is 0. The van der Waals surface area contributed by atoms with Crippen LogP contribution in [0.1, 0.15) is 0 Å². The monoisotopic (exact) mass is 305 g/mol.